The van der Waals surface area contributed by atoms with Crippen LogP contribution in [0, 0.1) is 0 Å². The molecule has 1 fully saturated rings. The van der Waals surface area contributed by atoms with Crippen LogP contribution in [0.1, 0.15) is 16.5 Å². The molecule has 7 nitrogen and oxygen atoms in total. The molecule has 3 aromatic rings. The Labute approximate surface area is 192 Å². The highest BCUT2D eigenvalue weighted by atomic mass is 35.5. The Kier molecular flexibility index (Phi) is 5.03. The van der Waals surface area contributed by atoms with E-state index >= 15 is 0 Å². The van der Waals surface area contributed by atoms with Crippen LogP contribution in [-0.4, -0.2) is 30.7 Å². The number of anilines is 1. The monoisotopic (exact) mass is 469 g/mol. The molecule has 0 saturated carbocycles. The van der Waals surface area contributed by atoms with E-state index in [1.165, 1.54) is 29.4 Å². The SMILES string of the molecule is COc1ccc(Cl)cc1/C(O)=C1/C(=O)C(=O)N(c2ccc3c(c2)OCO3)C1c1cccs1. The number of aliphatic hydroxyl groups is 1. The minimum Gasteiger partial charge on any atom is -0.507 e. The van der Waals surface area contributed by atoms with Crippen molar-refractivity contribution in [2.75, 3.05) is 18.8 Å². The lowest BCUT2D eigenvalue weighted by Crippen LogP contribution is -2.29. The first-order chi connectivity index (χ1) is 15.5. The van der Waals surface area contributed by atoms with Crippen LogP contribution in [0.15, 0.2) is 59.5 Å². The van der Waals surface area contributed by atoms with Crippen LogP contribution in [0.3, 0.4) is 0 Å². The minimum absolute atomic E-state index is 0.0457. The quantitative estimate of drug-likeness (QED) is 0.337. The maximum Gasteiger partial charge on any atom is 0.300 e. The number of hydrogen-bond donors (Lipinski definition) is 1. The molecule has 2 aromatic carbocycles. The number of carbonyl (C=O) groups excluding carboxylic acids is 2. The summed E-state index contributed by atoms with van der Waals surface area (Å²) in [7, 11) is 1.45. The Morgan fingerprint density at radius 1 is 1.16 bits per heavy atom. The first kappa shape index (κ1) is 20.4. The Hall–Kier alpha value is -3.49. The van der Waals surface area contributed by atoms with Crippen molar-refractivity contribution in [2.45, 2.75) is 6.04 Å². The number of fused-ring (bicyclic) bond motifs is 1. The van der Waals surface area contributed by atoms with Gasteiger partial charge in [0.2, 0.25) is 6.79 Å². The largest absolute Gasteiger partial charge is 0.507 e. The molecule has 9 heteroatoms. The third-order valence-corrected chi connectivity index (χ3v) is 6.47. The zero-order valence-corrected chi connectivity index (χ0v) is 18.3. The Bertz CT molecular complexity index is 1270. The van der Waals surface area contributed by atoms with Gasteiger partial charge < -0.3 is 19.3 Å². The Morgan fingerprint density at radius 3 is 2.72 bits per heavy atom. The molecule has 3 heterocycles. The summed E-state index contributed by atoms with van der Waals surface area (Å²) >= 11 is 7.50. The normalized spacial score (nSPS) is 18.9. The van der Waals surface area contributed by atoms with Gasteiger partial charge in [-0.15, -0.1) is 11.3 Å². The predicted molar refractivity (Wildman–Crippen MR) is 120 cm³/mol. The lowest BCUT2D eigenvalue weighted by atomic mass is 9.99. The fourth-order valence-corrected chi connectivity index (χ4v) is 4.86. The molecule has 1 N–H and O–H groups in total. The molecule has 32 heavy (non-hydrogen) atoms. The van der Waals surface area contributed by atoms with Crippen LogP contribution in [0.5, 0.6) is 17.2 Å². The van der Waals surface area contributed by atoms with Crippen molar-refractivity contribution < 1.29 is 28.9 Å². The number of amides is 1. The summed E-state index contributed by atoms with van der Waals surface area (Å²) in [6.07, 6.45) is 0. The number of Topliss-reactive ketones (excluding diaryl/α,β-unsaturated/α-hetero) is 1. The molecule has 0 bridgehead atoms. The van der Waals surface area contributed by atoms with Gasteiger partial charge in [0.25, 0.3) is 11.7 Å². The smallest absolute Gasteiger partial charge is 0.300 e. The predicted octanol–water partition coefficient (Wildman–Crippen LogP) is 4.77. The zero-order valence-electron chi connectivity index (χ0n) is 16.7. The molecular formula is C23H16ClNO6S. The molecule has 162 valence electrons. The molecular weight excluding hydrogens is 454 g/mol. The molecule has 1 aromatic heterocycles. The highest BCUT2D eigenvalue weighted by molar-refractivity contribution is 7.10. The van der Waals surface area contributed by atoms with Crippen molar-refractivity contribution in [1.29, 1.82) is 0 Å². The molecule has 1 unspecified atom stereocenters. The fourth-order valence-electron chi connectivity index (χ4n) is 3.86. The van der Waals surface area contributed by atoms with Gasteiger partial charge in [0.05, 0.1) is 18.2 Å². The van der Waals surface area contributed by atoms with Crippen molar-refractivity contribution in [1.82, 2.24) is 0 Å². The number of hydrogen-bond acceptors (Lipinski definition) is 7. The Balaban J connectivity index is 1.71. The van der Waals surface area contributed by atoms with Gasteiger partial charge in [-0.1, -0.05) is 17.7 Å². The first-order valence-corrected chi connectivity index (χ1v) is 10.8. The third kappa shape index (κ3) is 3.19. The molecule has 1 saturated heterocycles. The second-order valence-corrected chi connectivity index (χ2v) is 8.48. The number of nitrogens with zero attached hydrogens (tertiary/aromatic N) is 1. The van der Waals surface area contributed by atoms with E-state index in [0.29, 0.717) is 32.8 Å². The van der Waals surface area contributed by atoms with E-state index in [2.05, 4.69) is 0 Å². The van der Waals surface area contributed by atoms with E-state index in [9.17, 15) is 14.7 Å². The highest BCUT2D eigenvalue weighted by Crippen LogP contribution is 2.46. The molecule has 2 aliphatic heterocycles. The van der Waals surface area contributed by atoms with Gasteiger partial charge in [-0.05, 0) is 41.8 Å². The van der Waals surface area contributed by atoms with Crippen LogP contribution in [0.2, 0.25) is 5.02 Å². The van der Waals surface area contributed by atoms with Crippen LogP contribution < -0.4 is 19.1 Å². The first-order valence-electron chi connectivity index (χ1n) is 9.57. The second-order valence-electron chi connectivity index (χ2n) is 7.07. The van der Waals surface area contributed by atoms with E-state index < -0.39 is 17.7 Å². The van der Waals surface area contributed by atoms with E-state index in [1.54, 1.807) is 30.3 Å². The van der Waals surface area contributed by atoms with Gasteiger partial charge in [0.15, 0.2) is 11.5 Å². The average Bonchev–Trinajstić information content (AvgIpc) is 3.53. The Morgan fingerprint density at radius 2 is 1.97 bits per heavy atom. The van der Waals surface area contributed by atoms with Crippen molar-refractivity contribution in [3.05, 3.63) is 74.9 Å². The number of ether oxygens (including phenoxy) is 3. The summed E-state index contributed by atoms with van der Waals surface area (Å²) in [6, 6.07) is 12.5. The molecule has 5 rings (SSSR count). The van der Waals surface area contributed by atoms with E-state index in [0.717, 1.165) is 0 Å². The summed E-state index contributed by atoms with van der Waals surface area (Å²) in [4.78, 5) is 28.5. The van der Waals surface area contributed by atoms with Crippen molar-refractivity contribution in [2.24, 2.45) is 0 Å². The van der Waals surface area contributed by atoms with Gasteiger partial charge in [0.1, 0.15) is 17.6 Å². The molecule has 0 radical (unpaired) electrons. The number of aliphatic hydroxyl groups excluding tert-OH is 1. The lowest BCUT2D eigenvalue weighted by molar-refractivity contribution is -0.132. The molecule has 1 atom stereocenters. The van der Waals surface area contributed by atoms with Gasteiger partial charge in [-0.3, -0.25) is 14.5 Å². The van der Waals surface area contributed by atoms with Crippen LogP contribution in [0.4, 0.5) is 5.69 Å². The maximum absolute atomic E-state index is 13.2. The van der Waals surface area contributed by atoms with Crippen molar-refractivity contribution >= 4 is 46.1 Å². The second kappa shape index (κ2) is 7.89. The zero-order chi connectivity index (χ0) is 22.4. The summed E-state index contributed by atoms with van der Waals surface area (Å²) < 4.78 is 16.1. The molecule has 0 aliphatic carbocycles. The maximum atomic E-state index is 13.2. The number of ketones is 1. The highest BCUT2D eigenvalue weighted by Gasteiger charge is 2.48. The molecule has 0 spiro atoms. The van der Waals surface area contributed by atoms with E-state index in [4.69, 9.17) is 25.8 Å². The minimum atomic E-state index is -0.834. The molecule has 2 aliphatic rings. The number of thiophene rings is 1. The number of benzene rings is 2. The fraction of sp³-hybridized carbons (Fsp3) is 0.130. The summed E-state index contributed by atoms with van der Waals surface area (Å²) in [5.74, 6) is -0.562. The number of rotatable bonds is 4. The summed E-state index contributed by atoms with van der Waals surface area (Å²) in [6.45, 7) is 0.0838. The van der Waals surface area contributed by atoms with Crippen LogP contribution >= 0.6 is 22.9 Å². The van der Waals surface area contributed by atoms with Crippen LogP contribution in [0.25, 0.3) is 5.76 Å². The van der Waals surface area contributed by atoms with Crippen LogP contribution in [-0.2, 0) is 9.59 Å². The van der Waals surface area contributed by atoms with Gasteiger partial charge in [0, 0.05) is 21.7 Å². The van der Waals surface area contributed by atoms with Crippen molar-refractivity contribution in [3.8, 4) is 17.2 Å². The topological polar surface area (TPSA) is 85.3 Å². The number of carbonyl (C=O) groups is 2. The van der Waals surface area contributed by atoms with Gasteiger partial charge in [-0.25, -0.2) is 0 Å². The lowest BCUT2D eigenvalue weighted by Gasteiger charge is -2.24. The van der Waals surface area contributed by atoms with E-state index in [-0.39, 0.29) is 23.7 Å². The third-order valence-electron chi connectivity index (χ3n) is 5.31. The molecule has 1 amide bonds. The summed E-state index contributed by atoms with van der Waals surface area (Å²) in [5.41, 5.74) is 0.632. The number of halogens is 1. The number of methoxy groups -OCH3 is 1. The van der Waals surface area contributed by atoms with Crippen molar-refractivity contribution in [3.63, 3.8) is 0 Å². The average molecular weight is 470 g/mol. The van der Waals surface area contributed by atoms with Gasteiger partial charge >= 0.3 is 0 Å². The van der Waals surface area contributed by atoms with Gasteiger partial charge in [-0.2, -0.15) is 0 Å². The van der Waals surface area contributed by atoms with E-state index in [1.807, 2.05) is 17.5 Å². The summed E-state index contributed by atoms with van der Waals surface area (Å²) in [5, 5.41) is 13.4. The standard InChI is InChI=1S/C23H16ClNO6S/c1-29-15-6-4-12(24)9-14(15)21(26)19-20(18-3-2-8-32-18)25(23(28)22(19)27)13-5-7-16-17(10-13)31-11-30-16/h2-10,20,26H,11H2,1H3/b21-19-.